The summed E-state index contributed by atoms with van der Waals surface area (Å²) in [6.07, 6.45) is 0.835. The quantitative estimate of drug-likeness (QED) is 0.646. The Kier molecular flexibility index (Phi) is 3.92. The molecule has 0 fully saturated rings. The number of benzene rings is 1. The summed E-state index contributed by atoms with van der Waals surface area (Å²) in [5, 5.41) is 0. The smallest absolute Gasteiger partial charge is 0.325 e. The number of nitrogens with zero attached hydrogens (tertiary/aromatic N) is 1. The molecule has 5 nitrogen and oxygen atoms in total. The van der Waals surface area contributed by atoms with E-state index in [0.29, 0.717) is 25.4 Å². The van der Waals surface area contributed by atoms with Gasteiger partial charge in [-0.2, -0.15) is 0 Å². The van der Waals surface area contributed by atoms with Crippen molar-refractivity contribution in [2.24, 2.45) is 0 Å². The van der Waals surface area contributed by atoms with E-state index in [1.165, 1.54) is 0 Å². The van der Waals surface area contributed by atoms with Crippen LogP contribution in [0.1, 0.15) is 13.3 Å². The summed E-state index contributed by atoms with van der Waals surface area (Å²) in [4.78, 5) is 13.6. The molecule has 1 heterocycles. The minimum atomic E-state index is -0.207. The van der Waals surface area contributed by atoms with E-state index in [1.807, 2.05) is 17.9 Å². The number of fused-ring (bicyclic) bond motifs is 1. The van der Waals surface area contributed by atoms with Gasteiger partial charge in [0, 0.05) is 11.8 Å². The van der Waals surface area contributed by atoms with E-state index < -0.39 is 0 Å². The molecule has 0 saturated carbocycles. The number of nitrogen functional groups attached to an aromatic ring is 1. The van der Waals surface area contributed by atoms with E-state index in [-0.39, 0.29) is 12.5 Å². The summed E-state index contributed by atoms with van der Waals surface area (Å²) in [5.74, 6) is 0.520. The van der Waals surface area contributed by atoms with Gasteiger partial charge in [-0.15, -0.1) is 0 Å². The van der Waals surface area contributed by atoms with Crippen molar-refractivity contribution in [2.75, 3.05) is 36.9 Å². The Morgan fingerprint density at radius 2 is 2.39 bits per heavy atom. The number of nitrogens with two attached hydrogens (primary N) is 1. The topological polar surface area (TPSA) is 64.8 Å². The van der Waals surface area contributed by atoms with Crippen molar-refractivity contribution in [2.45, 2.75) is 13.3 Å². The van der Waals surface area contributed by atoms with E-state index in [1.54, 1.807) is 12.1 Å². The van der Waals surface area contributed by atoms with Crippen LogP contribution < -0.4 is 15.4 Å². The van der Waals surface area contributed by atoms with Gasteiger partial charge in [-0.25, -0.2) is 0 Å². The first-order chi connectivity index (χ1) is 8.70. The maximum Gasteiger partial charge on any atom is 0.325 e. The third kappa shape index (κ3) is 2.85. The zero-order valence-corrected chi connectivity index (χ0v) is 10.5. The number of hydrogen-bond acceptors (Lipinski definition) is 5. The van der Waals surface area contributed by atoms with Gasteiger partial charge < -0.3 is 20.1 Å². The Morgan fingerprint density at radius 1 is 1.56 bits per heavy atom. The number of carbonyl (C=O) groups is 1. The number of carbonyl (C=O) groups excluding carboxylic acids is 1. The summed E-state index contributed by atoms with van der Waals surface area (Å²) in [6, 6.07) is 5.45. The fourth-order valence-electron chi connectivity index (χ4n) is 1.88. The number of rotatable bonds is 4. The number of hydrogen-bond donors (Lipinski definition) is 1. The van der Waals surface area contributed by atoms with Gasteiger partial charge in [-0.1, -0.05) is 6.92 Å². The Morgan fingerprint density at radius 3 is 3.17 bits per heavy atom. The van der Waals surface area contributed by atoms with Gasteiger partial charge >= 0.3 is 5.97 Å². The molecule has 98 valence electrons. The van der Waals surface area contributed by atoms with Crippen molar-refractivity contribution in [3.05, 3.63) is 18.2 Å². The second kappa shape index (κ2) is 5.62. The highest BCUT2D eigenvalue weighted by atomic mass is 16.5. The van der Waals surface area contributed by atoms with Crippen LogP contribution in [0.3, 0.4) is 0 Å². The lowest BCUT2D eigenvalue weighted by molar-refractivity contribution is -0.142. The molecule has 0 aliphatic carbocycles. The molecule has 1 aromatic carbocycles. The third-order valence-electron chi connectivity index (χ3n) is 2.73. The van der Waals surface area contributed by atoms with E-state index >= 15 is 0 Å². The highest BCUT2D eigenvalue weighted by Crippen LogP contribution is 2.32. The van der Waals surface area contributed by atoms with Crippen molar-refractivity contribution in [1.82, 2.24) is 0 Å². The molecule has 1 aromatic rings. The lowest BCUT2D eigenvalue weighted by Crippen LogP contribution is -2.37. The minimum Gasteiger partial charge on any atom is -0.489 e. The maximum atomic E-state index is 11.6. The molecule has 0 bridgehead atoms. The molecule has 0 spiro atoms. The van der Waals surface area contributed by atoms with Crippen LogP contribution in [-0.4, -0.2) is 32.3 Å². The van der Waals surface area contributed by atoms with E-state index in [9.17, 15) is 4.79 Å². The van der Waals surface area contributed by atoms with Crippen molar-refractivity contribution in [1.29, 1.82) is 0 Å². The molecule has 0 radical (unpaired) electrons. The number of esters is 1. The molecule has 0 atom stereocenters. The van der Waals surface area contributed by atoms with Gasteiger partial charge in [-0.3, -0.25) is 4.79 Å². The predicted octanol–water partition coefficient (Wildman–Crippen LogP) is 1.42. The summed E-state index contributed by atoms with van der Waals surface area (Å²) in [7, 11) is 0. The standard InChI is InChI=1S/C13H18N2O3/c1-2-6-18-13(16)9-15-5-7-17-12-8-10(14)3-4-11(12)15/h3-4,8H,2,5-7,9,14H2,1H3. The second-order valence-corrected chi connectivity index (χ2v) is 4.22. The summed E-state index contributed by atoms with van der Waals surface area (Å²) < 4.78 is 10.6. The van der Waals surface area contributed by atoms with Crippen molar-refractivity contribution < 1.29 is 14.3 Å². The van der Waals surface area contributed by atoms with Gasteiger partial charge in [0.1, 0.15) is 18.9 Å². The summed E-state index contributed by atoms with van der Waals surface area (Å²) in [5.41, 5.74) is 7.25. The van der Waals surface area contributed by atoms with Gasteiger partial charge in [0.15, 0.2) is 0 Å². The molecule has 2 rings (SSSR count). The highest BCUT2D eigenvalue weighted by molar-refractivity contribution is 5.78. The van der Waals surface area contributed by atoms with Crippen LogP contribution in [0.25, 0.3) is 0 Å². The first-order valence-electron chi connectivity index (χ1n) is 6.13. The van der Waals surface area contributed by atoms with Crippen molar-refractivity contribution in [3.63, 3.8) is 0 Å². The number of anilines is 2. The lowest BCUT2D eigenvalue weighted by Gasteiger charge is -2.30. The molecule has 1 aliphatic rings. The van der Waals surface area contributed by atoms with Gasteiger partial charge in [0.05, 0.1) is 18.8 Å². The highest BCUT2D eigenvalue weighted by Gasteiger charge is 2.20. The molecule has 2 N–H and O–H groups in total. The Balaban J connectivity index is 2.06. The average Bonchev–Trinajstić information content (AvgIpc) is 2.36. The average molecular weight is 250 g/mol. The SMILES string of the molecule is CCCOC(=O)CN1CCOc2cc(N)ccc21. The molecule has 1 aliphatic heterocycles. The summed E-state index contributed by atoms with van der Waals surface area (Å²) >= 11 is 0. The van der Waals surface area contributed by atoms with Crippen LogP contribution in [0.5, 0.6) is 5.75 Å². The largest absolute Gasteiger partial charge is 0.489 e. The Bertz CT molecular complexity index is 434. The molecule has 18 heavy (non-hydrogen) atoms. The monoisotopic (exact) mass is 250 g/mol. The normalized spacial score (nSPS) is 13.7. The predicted molar refractivity (Wildman–Crippen MR) is 69.8 cm³/mol. The van der Waals surface area contributed by atoms with Crippen molar-refractivity contribution >= 4 is 17.3 Å². The second-order valence-electron chi connectivity index (χ2n) is 4.22. The maximum absolute atomic E-state index is 11.6. The van der Waals surface area contributed by atoms with E-state index in [0.717, 1.165) is 17.9 Å². The van der Waals surface area contributed by atoms with Gasteiger partial charge in [0.2, 0.25) is 0 Å². The zero-order chi connectivity index (χ0) is 13.0. The van der Waals surface area contributed by atoms with Crippen LogP contribution in [0, 0.1) is 0 Å². The molecule has 0 saturated heterocycles. The Labute approximate surface area is 106 Å². The number of ether oxygens (including phenoxy) is 2. The molecule has 0 unspecified atom stereocenters. The Hall–Kier alpha value is -1.91. The van der Waals surface area contributed by atoms with E-state index in [2.05, 4.69) is 0 Å². The summed E-state index contributed by atoms with van der Waals surface area (Å²) in [6.45, 7) is 3.92. The zero-order valence-electron chi connectivity index (χ0n) is 10.5. The van der Waals surface area contributed by atoms with Crippen molar-refractivity contribution in [3.8, 4) is 5.75 Å². The van der Waals surface area contributed by atoms with Crippen LogP contribution >= 0.6 is 0 Å². The lowest BCUT2D eigenvalue weighted by atomic mass is 10.2. The van der Waals surface area contributed by atoms with Crippen LogP contribution in [-0.2, 0) is 9.53 Å². The van der Waals surface area contributed by atoms with E-state index in [4.69, 9.17) is 15.2 Å². The molecular formula is C13H18N2O3. The van der Waals surface area contributed by atoms with Crippen LogP contribution in [0.15, 0.2) is 18.2 Å². The van der Waals surface area contributed by atoms with Crippen LogP contribution in [0.4, 0.5) is 11.4 Å². The molecular weight excluding hydrogens is 232 g/mol. The van der Waals surface area contributed by atoms with Crippen LogP contribution in [0.2, 0.25) is 0 Å². The van der Waals surface area contributed by atoms with Gasteiger partial charge in [-0.05, 0) is 18.6 Å². The first kappa shape index (κ1) is 12.5. The van der Waals surface area contributed by atoms with Gasteiger partial charge in [0.25, 0.3) is 0 Å². The fraction of sp³-hybridized carbons (Fsp3) is 0.462. The molecule has 5 heteroatoms. The minimum absolute atomic E-state index is 0.207. The molecule has 0 aromatic heterocycles. The third-order valence-corrected chi connectivity index (χ3v) is 2.73. The first-order valence-corrected chi connectivity index (χ1v) is 6.13. The fourth-order valence-corrected chi connectivity index (χ4v) is 1.88. The molecule has 0 amide bonds.